The topological polar surface area (TPSA) is 73.8 Å². The summed E-state index contributed by atoms with van der Waals surface area (Å²) >= 11 is 0. The molecule has 1 heterocycles. The number of nitrogens with zero attached hydrogens (tertiary/aromatic N) is 2. The maximum Gasteiger partial charge on any atom is 0.191 e. The molecule has 1 rings (SSSR count). The molecule has 6 nitrogen and oxygen atoms in total. The van der Waals surface area contributed by atoms with Crippen LogP contribution in [0.1, 0.15) is 20.8 Å². The van der Waals surface area contributed by atoms with E-state index in [1.165, 1.54) is 0 Å². The second-order valence-corrected chi connectivity index (χ2v) is 8.17. The molecule has 0 atom stereocenters. The number of hydrogen-bond acceptors (Lipinski definition) is 4. The zero-order valence-corrected chi connectivity index (χ0v) is 13.2. The molecular weight excluding hydrogens is 264 g/mol. The SMILES string of the molecule is CN=C(NCCN1CCS(=O)(=O)CC1)NC(C)(C)C. The first kappa shape index (κ1) is 16.2. The van der Waals surface area contributed by atoms with Crippen molar-refractivity contribution < 1.29 is 8.42 Å². The standard InChI is InChI=1S/C12H26N4O2S/c1-12(2,3)15-11(13-4)14-5-6-16-7-9-19(17,18)10-8-16/h5-10H2,1-4H3,(H2,13,14,15). The number of sulfone groups is 1. The Morgan fingerprint density at radius 3 is 2.32 bits per heavy atom. The monoisotopic (exact) mass is 290 g/mol. The van der Waals surface area contributed by atoms with E-state index in [1.54, 1.807) is 7.05 Å². The zero-order valence-electron chi connectivity index (χ0n) is 12.4. The molecule has 0 unspecified atom stereocenters. The van der Waals surface area contributed by atoms with Crippen LogP contribution in [0.15, 0.2) is 4.99 Å². The smallest absolute Gasteiger partial charge is 0.191 e. The Kier molecular flexibility index (Phi) is 5.61. The van der Waals surface area contributed by atoms with E-state index in [0.717, 1.165) is 19.0 Å². The van der Waals surface area contributed by atoms with E-state index in [-0.39, 0.29) is 17.0 Å². The minimum Gasteiger partial charge on any atom is -0.355 e. The van der Waals surface area contributed by atoms with Crippen LogP contribution in [0.5, 0.6) is 0 Å². The van der Waals surface area contributed by atoms with Crippen molar-refractivity contribution in [2.24, 2.45) is 4.99 Å². The van der Waals surface area contributed by atoms with Gasteiger partial charge in [-0.25, -0.2) is 8.42 Å². The van der Waals surface area contributed by atoms with Crippen LogP contribution in [0.2, 0.25) is 0 Å². The molecular formula is C12H26N4O2S. The van der Waals surface area contributed by atoms with Gasteiger partial charge in [0, 0.05) is 38.8 Å². The van der Waals surface area contributed by atoms with Crippen LogP contribution < -0.4 is 10.6 Å². The summed E-state index contributed by atoms with van der Waals surface area (Å²) in [6, 6.07) is 0. The predicted molar refractivity (Wildman–Crippen MR) is 79.3 cm³/mol. The number of aliphatic imine (C=N–C) groups is 1. The molecule has 19 heavy (non-hydrogen) atoms. The van der Waals surface area contributed by atoms with Crippen LogP contribution in [0.25, 0.3) is 0 Å². The second-order valence-electron chi connectivity index (χ2n) is 5.87. The summed E-state index contributed by atoms with van der Waals surface area (Å²) in [6.07, 6.45) is 0. The molecule has 0 bridgehead atoms. The predicted octanol–water partition coefficient (Wildman–Crippen LogP) is -0.320. The summed E-state index contributed by atoms with van der Waals surface area (Å²) in [5.74, 6) is 1.33. The largest absolute Gasteiger partial charge is 0.355 e. The summed E-state index contributed by atoms with van der Waals surface area (Å²) in [5, 5.41) is 6.52. The molecule has 0 aliphatic carbocycles. The summed E-state index contributed by atoms with van der Waals surface area (Å²) in [4.78, 5) is 6.32. The van der Waals surface area contributed by atoms with Gasteiger partial charge in [-0.15, -0.1) is 0 Å². The van der Waals surface area contributed by atoms with E-state index in [9.17, 15) is 8.42 Å². The summed E-state index contributed by atoms with van der Waals surface area (Å²) in [6.45, 7) is 9.10. The van der Waals surface area contributed by atoms with Crippen molar-refractivity contribution in [3.8, 4) is 0 Å². The minimum atomic E-state index is -2.78. The molecule has 2 N–H and O–H groups in total. The molecule has 0 amide bonds. The highest BCUT2D eigenvalue weighted by molar-refractivity contribution is 7.91. The van der Waals surface area contributed by atoms with Gasteiger partial charge in [0.25, 0.3) is 0 Å². The Labute approximate surface area is 116 Å². The van der Waals surface area contributed by atoms with E-state index in [4.69, 9.17) is 0 Å². The van der Waals surface area contributed by atoms with Crippen LogP contribution in [0, 0.1) is 0 Å². The van der Waals surface area contributed by atoms with Gasteiger partial charge in [0.15, 0.2) is 15.8 Å². The van der Waals surface area contributed by atoms with E-state index in [1.807, 2.05) is 0 Å². The number of nitrogens with one attached hydrogen (secondary N) is 2. The summed E-state index contributed by atoms with van der Waals surface area (Å²) < 4.78 is 22.6. The lowest BCUT2D eigenvalue weighted by Gasteiger charge is -2.28. The Morgan fingerprint density at radius 2 is 1.84 bits per heavy atom. The molecule has 0 saturated carbocycles. The first-order chi connectivity index (χ1) is 8.72. The van der Waals surface area contributed by atoms with Crippen molar-refractivity contribution >= 4 is 15.8 Å². The molecule has 1 aliphatic rings. The Morgan fingerprint density at radius 1 is 1.26 bits per heavy atom. The maximum absolute atomic E-state index is 11.3. The lowest BCUT2D eigenvalue weighted by Crippen LogP contribution is -2.50. The van der Waals surface area contributed by atoms with Crippen LogP contribution in [-0.4, -0.2) is 69.5 Å². The molecule has 1 fully saturated rings. The van der Waals surface area contributed by atoms with Gasteiger partial charge in [-0.2, -0.15) is 0 Å². The van der Waals surface area contributed by atoms with E-state index in [0.29, 0.717) is 13.1 Å². The maximum atomic E-state index is 11.3. The Balaban J connectivity index is 2.27. The molecule has 0 aromatic heterocycles. The average molecular weight is 290 g/mol. The van der Waals surface area contributed by atoms with Crippen LogP contribution >= 0.6 is 0 Å². The fourth-order valence-corrected chi connectivity index (χ4v) is 3.12. The first-order valence-electron chi connectivity index (χ1n) is 6.63. The molecule has 0 aromatic rings. The molecule has 1 aliphatic heterocycles. The molecule has 1 saturated heterocycles. The fraction of sp³-hybridized carbons (Fsp3) is 0.917. The van der Waals surface area contributed by atoms with Crippen molar-refractivity contribution in [1.82, 2.24) is 15.5 Å². The van der Waals surface area contributed by atoms with Gasteiger partial charge in [-0.05, 0) is 20.8 Å². The lowest BCUT2D eigenvalue weighted by molar-refractivity contribution is 0.299. The number of hydrogen-bond donors (Lipinski definition) is 2. The molecule has 112 valence electrons. The van der Waals surface area contributed by atoms with Crippen LogP contribution in [0.3, 0.4) is 0 Å². The van der Waals surface area contributed by atoms with Gasteiger partial charge in [-0.1, -0.05) is 0 Å². The zero-order chi connectivity index (χ0) is 14.5. The van der Waals surface area contributed by atoms with E-state index in [2.05, 4.69) is 41.3 Å². The van der Waals surface area contributed by atoms with Crippen molar-refractivity contribution in [2.45, 2.75) is 26.3 Å². The van der Waals surface area contributed by atoms with Crippen LogP contribution in [-0.2, 0) is 9.84 Å². The van der Waals surface area contributed by atoms with Gasteiger partial charge < -0.3 is 10.6 Å². The fourth-order valence-electron chi connectivity index (χ4n) is 1.84. The van der Waals surface area contributed by atoms with Gasteiger partial charge in [0.05, 0.1) is 11.5 Å². The third-order valence-electron chi connectivity index (χ3n) is 2.87. The third-order valence-corrected chi connectivity index (χ3v) is 4.48. The highest BCUT2D eigenvalue weighted by atomic mass is 32.2. The number of guanidine groups is 1. The number of rotatable bonds is 3. The van der Waals surface area contributed by atoms with E-state index < -0.39 is 9.84 Å². The summed E-state index contributed by atoms with van der Waals surface area (Å²) in [5.41, 5.74) is -0.0267. The third kappa shape index (κ3) is 6.77. The van der Waals surface area contributed by atoms with Gasteiger partial charge in [0.1, 0.15) is 0 Å². The Hall–Kier alpha value is -0.820. The second kappa shape index (κ2) is 6.56. The van der Waals surface area contributed by atoms with Crippen LogP contribution in [0.4, 0.5) is 0 Å². The molecule has 0 spiro atoms. The van der Waals surface area contributed by atoms with Crippen molar-refractivity contribution in [2.75, 3.05) is 44.7 Å². The minimum absolute atomic E-state index is 0.0267. The lowest BCUT2D eigenvalue weighted by atomic mass is 10.1. The normalized spacial score (nSPS) is 21.2. The van der Waals surface area contributed by atoms with E-state index >= 15 is 0 Å². The highest BCUT2D eigenvalue weighted by Gasteiger charge is 2.21. The Bertz CT molecular complexity index is 398. The average Bonchev–Trinajstić information content (AvgIpc) is 2.28. The van der Waals surface area contributed by atoms with Gasteiger partial charge >= 0.3 is 0 Å². The molecule has 7 heteroatoms. The van der Waals surface area contributed by atoms with Crippen molar-refractivity contribution in [1.29, 1.82) is 0 Å². The molecule has 0 radical (unpaired) electrons. The first-order valence-corrected chi connectivity index (χ1v) is 8.46. The van der Waals surface area contributed by atoms with Crippen molar-refractivity contribution in [3.63, 3.8) is 0 Å². The van der Waals surface area contributed by atoms with Gasteiger partial charge in [-0.3, -0.25) is 9.89 Å². The quantitative estimate of drug-likeness (QED) is 0.550. The van der Waals surface area contributed by atoms with Gasteiger partial charge in [0.2, 0.25) is 0 Å². The molecule has 0 aromatic carbocycles. The van der Waals surface area contributed by atoms with Crippen molar-refractivity contribution in [3.05, 3.63) is 0 Å². The highest BCUT2D eigenvalue weighted by Crippen LogP contribution is 2.02. The summed E-state index contributed by atoms with van der Waals surface area (Å²) in [7, 11) is -1.04.